The standard InChI is InChI=1S/C16H18O4.CH2O2/c1-11(2)7-8-20-12(3)13-5-6-14(10-17)15(9-13)16(18)19-4;2-1-3/h5-6,9-10H,1,3,7-8H2,2,4H3;1H,(H,2,3). The van der Waals surface area contributed by atoms with Crippen LogP contribution in [0.4, 0.5) is 0 Å². The Morgan fingerprint density at radius 1 is 1.30 bits per heavy atom. The zero-order valence-corrected chi connectivity index (χ0v) is 13.2. The van der Waals surface area contributed by atoms with Crippen molar-refractivity contribution in [3.63, 3.8) is 0 Å². The molecular formula is C17H20O6. The highest BCUT2D eigenvalue weighted by molar-refractivity contribution is 5.98. The Balaban J connectivity index is 0.00000149. The van der Waals surface area contributed by atoms with Gasteiger partial charge in [0.1, 0.15) is 5.76 Å². The minimum atomic E-state index is -0.566. The molecule has 0 heterocycles. The fourth-order valence-corrected chi connectivity index (χ4v) is 1.55. The van der Waals surface area contributed by atoms with Gasteiger partial charge in [0, 0.05) is 17.5 Å². The highest BCUT2D eigenvalue weighted by Gasteiger charge is 2.13. The summed E-state index contributed by atoms with van der Waals surface area (Å²) in [5.41, 5.74) is 2.13. The van der Waals surface area contributed by atoms with Crippen LogP contribution in [0.25, 0.3) is 5.76 Å². The van der Waals surface area contributed by atoms with Gasteiger partial charge in [0.15, 0.2) is 6.29 Å². The van der Waals surface area contributed by atoms with Crippen LogP contribution >= 0.6 is 0 Å². The molecule has 1 aromatic rings. The molecule has 0 aliphatic rings. The quantitative estimate of drug-likeness (QED) is 0.359. The van der Waals surface area contributed by atoms with Crippen molar-refractivity contribution in [3.8, 4) is 0 Å². The van der Waals surface area contributed by atoms with Crippen molar-refractivity contribution in [2.24, 2.45) is 0 Å². The summed E-state index contributed by atoms with van der Waals surface area (Å²) >= 11 is 0. The number of carboxylic acid groups (broad SMARTS) is 1. The van der Waals surface area contributed by atoms with Crippen LogP contribution in [0.1, 0.15) is 39.6 Å². The molecule has 0 saturated carbocycles. The number of esters is 1. The topological polar surface area (TPSA) is 89.9 Å². The van der Waals surface area contributed by atoms with E-state index in [1.54, 1.807) is 18.2 Å². The Hall–Kier alpha value is -2.89. The molecule has 23 heavy (non-hydrogen) atoms. The second-order valence-electron chi connectivity index (χ2n) is 4.50. The Labute approximate surface area is 135 Å². The number of aldehydes is 1. The van der Waals surface area contributed by atoms with Gasteiger partial charge in [0.2, 0.25) is 0 Å². The fraction of sp³-hybridized carbons (Fsp3) is 0.235. The van der Waals surface area contributed by atoms with E-state index >= 15 is 0 Å². The van der Waals surface area contributed by atoms with Gasteiger partial charge >= 0.3 is 5.97 Å². The van der Waals surface area contributed by atoms with Gasteiger partial charge in [-0.1, -0.05) is 24.3 Å². The van der Waals surface area contributed by atoms with Gasteiger partial charge in [-0.05, 0) is 13.0 Å². The summed E-state index contributed by atoms with van der Waals surface area (Å²) < 4.78 is 10.1. The molecule has 0 saturated heterocycles. The first-order chi connectivity index (χ1) is 10.9. The SMILES string of the molecule is C=C(C)CCOC(=C)c1ccc(C=O)c(C(=O)OC)c1.O=CO. The number of hydrogen-bond acceptors (Lipinski definition) is 5. The van der Waals surface area contributed by atoms with Gasteiger partial charge in [0.25, 0.3) is 6.47 Å². The maximum Gasteiger partial charge on any atom is 0.338 e. The average molecular weight is 320 g/mol. The summed E-state index contributed by atoms with van der Waals surface area (Å²) in [6, 6.07) is 4.76. The Morgan fingerprint density at radius 3 is 2.39 bits per heavy atom. The summed E-state index contributed by atoms with van der Waals surface area (Å²) in [7, 11) is 1.27. The smallest absolute Gasteiger partial charge is 0.338 e. The molecule has 1 aromatic carbocycles. The maximum atomic E-state index is 11.6. The summed E-state index contributed by atoms with van der Waals surface area (Å²) in [6.45, 7) is 9.73. The third-order valence-electron chi connectivity index (χ3n) is 2.71. The van der Waals surface area contributed by atoms with Crippen molar-refractivity contribution in [3.05, 3.63) is 53.6 Å². The maximum absolute atomic E-state index is 11.6. The van der Waals surface area contributed by atoms with Gasteiger partial charge in [0.05, 0.1) is 19.3 Å². The first-order valence-corrected chi connectivity index (χ1v) is 6.63. The van der Waals surface area contributed by atoms with Crippen molar-refractivity contribution in [2.45, 2.75) is 13.3 Å². The Bertz CT molecular complexity index is 589. The van der Waals surface area contributed by atoms with E-state index in [9.17, 15) is 9.59 Å². The lowest BCUT2D eigenvalue weighted by molar-refractivity contribution is -0.122. The van der Waals surface area contributed by atoms with Gasteiger partial charge in [-0.3, -0.25) is 9.59 Å². The summed E-state index contributed by atoms with van der Waals surface area (Å²) in [5.74, 6) is -0.127. The van der Waals surface area contributed by atoms with E-state index in [1.807, 2.05) is 6.92 Å². The Morgan fingerprint density at radius 2 is 1.91 bits per heavy atom. The van der Waals surface area contributed by atoms with Crippen LogP contribution in [-0.2, 0) is 14.3 Å². The molecule has 0 bridgehead atoms. The van der Waals surface area contributed by atoms with Crippen molar-refractivity contribution in [1.82, 2.24) is 0 Å². The molecule has 0 fully saturated rings. The Kier molecular flexibility index (Phi) is 9.43. The molecule has 0 amide bonds. The van der Waals surface area contributed by atoms with E-state index in [0.717, 1.165) is 12.0 Å². The number of carbonyl (C=O) groups is 3. The van der Waals surface area contributed by atoms with Crippen LogP contribution in [-0.4, -0.2) is 37.6 Å². The second kappa shape index (κ2) is 10.8. The zero-order valence-electron chi connectivity index (χ0n) is 13.2. The molecule has 0 aliphatic carbocycles. The molecule has 1 N–H and O–H groups in total. The largest absolute Gasteiger partial charge is 0.493 e. The van der Waals surface area contributed by atoms with Crippen molar-refractivity contribution < 1.29 is 29.0 Å². The average Bonchev–Trinajstić information content (AvgIpc) is 2.53. The number of ether oxygens (including phenoxy) is 2. The van der Waals surface area contributed by atoms with Crippen LogP contribution in [0.2, 0.25) is 0 Å². The fourth-order valence-electron chi connectivity index (χ4n) is 1.55. The summed E-state index contributed by atoms with van der Waals surface area (Å²) in [4.78, 5) is 30.9. The van der Waals surface area contributed by atoms with E-state index in [-0.39, 0.29) is 17.6 Å². The first-order valence-electron chi connectivity index (χ1n) is 6.63. The van der Waals surface area contributed by atoms with Crippen molar-refractivity contribution in [2.75, 3.05) is 13.7 Å². The lowest BCUT2D eigenvalue weighted by atomic mass is 10.0. The summed E-state index contributed by atoms with van der Waals surface area (Å²) in [5, 5.41) is 6.89. The second-order valence-corrected chi connectivity index (χ2v) is 4.50. The third kappa shape index (κ3) is 7.08. The number of benzene rings is 1. The third-order valence-corrected chi connectivity index (χ3v) is 2.71. The molecular weight excluding hydrogens is 300 g/mol. The number of rotatable bonds is 7. The minimum absolute atomic E-state index is 0.199. The summed E-state index contributed by atoms with van der Waals surface area (Å²) in [6.07, 6.45) is 1.34. The van der Waals surface area contributed by atoms with E-state index in [1.165, 1.54) is 7.11 Å². The van der Waals surface area contributed by atoms with Gasteiger partial charge in [-0.25, -0.2) is 4.79 Å². The van der Waals surface area contributed by atoms with Gasteiger partial charge in [-0.2, -0.15) is 0 Å². The molecule has 0 atom stereocenters. The lowest BCUT2D eigenvalue weighted by Gasteiger charge is -2.11. The van der Waals surface area contributed by atoms with Gasteiger partial charge < -0.3 is 14.6 Å². The number of methoxy groups -OCH3 is 1. The van der Waals surface area contributed by atoms with Crippen molar-refractivity contribution in [1.29, 1.82) is 0 Å². The molecule has 0 aliphatic heterocycles. The minimum Gasteiger partial charge on any atom is -0.493 e. The molecule has 0 aromatic heterocycles. The first kappa shape index (κ1) is 20.1. The zero-order chi connectivity index (χ0) is 17.8. The van der Waals surface area contributed by atoms with Crippen molar-refractivity contribution >= 4 is 24.5 Å². The van der Waals surface area contributed by atoms with Crippen LogP contribution in [0.5, 0.6) is 0 Å². The van der Waals surface area contributed by atoms with E-state index in [0.29, 0.717) is 24.2 Å². The molecule has 0 spiro atoms. The number of carbonyl (C=O) groups excluding carboxylic acids is 2. The molecule has 0 radical (unpaired) electrons. The van der Waals surface area contributed by atoms with Crippen LogP contribution < -0.4 is 0 Å². The van der Waals surface area contributed by atoms with Gasteiger partial charge in [-0.15, -0.1) is 6.58 Å². The normalized spacial score (nSPS) is 8.96. The van der Waals surface area contributed by atoms with E-state index < -0.39 is 5.97 Å². The van der Waals surface area contributed by atoms with Crippen LogP contribution in [0.15, 0.2) is 36.9 Å². The molecule has 6 heteroatoms. The monoisotopic (exact) mass is 320 g/mol. The van der Waals surface area contributed by atoms with Crippen LogP contribution in [0, 0.1) is 0 Å². The molecule has 1 rings (SSSR count). The lowest BCUT2D eigenvalue weighted by Crippen LogP contribution is -2.06. The number of hydrogen-bond donors (Lipinski definition) is 1. The predicted octanol–water partition coefficient (Wildman–Crippen LogP) is 2.94. The predicted molar refractivity (Wildman–Crippen MR) is 86.3 cm³/mol. The highest BCUT2D eigenvalue weighted by atomic mass is 16.5. The molecule has 6 nitrogen and oxygen atoms in total. The van der Waals surface area contributed by atoms with E-state index in [2.05, 4.69) is 17.9 Å². The van der Waals surface area contributed by atoms with Crippen LogP contribution in [0.3, 0.4) is 0 Å². The van der Waals surface area contributed by atoms with E-state index in [4.69, 9.17) is 14.6 Å². The molecule has 0 unspecified atom stereocenters. The highest BCUT2D eigenvalue weighted by Crippen LogP contribution is 2.19. The molecule has 124 valence electrons.